The Balaban J connectivity index is 1.60. The Labute approximate surface area is 177 Å². The highest BCUT2D eigenvalue weighted by Crippen LogP contribution is 2.25. The lowest BCUT2D eigenvalue weighted by atomic mass is 10.1. The molecule has 30 heavy (non-hydrogen) atoms. The third kappa shape index (κ3) is 4.31. The lowest BCUT2D eigenvalue weighted by Gasteiger charge is -2.08. The standard InChI is InChI=1S/C21H19N7OS/c1-28-13-19(20(26-28)17-6-3-4-9-23-17)25-21(29)18-8-5-7-16(24-18)14-10-15(27-30-2)12-22-11-14/h3-13,27H,1-2H3,(H,25,29). The molecule has 1 amide bonds. The van der Waals surface area contributed by atoms with Crippen LogP contribution in [0.1, 0.15) is 10.5 Å². The zero-order chi connectivity index (χ0) is 20.9. The van der Waals surface area contributed by atoms with Gasteiger partial charge in [0.2, 0.25) is 0 Å². The summed E-state index contributed by atoms with van der Waals surface area (Å²) in [5.41, 5.74) is 4.50. The molecule has 0 radical (unpaired) electrons. The van der Waals surface area contributed by atoms with Gasteiger partial charge in [0, 0.05) is 37.5 Å². The van der Waals surface area contributed by atoms with Gasteiger partial charge in [-0.1, -0.05) is 24.1 Å². The summed E-state index contributed by atoms with van der Waals surface area (Å²) in [5, 5.41) is 7.32. The molecule has 4 aromatic heterocycles. The SMILES string of the molecule is CSNc1cncc(-c2cccc(C(=O)Nc3cn(C)nc3-c3ccccn3)n2)c1. The molecule has 4 heterocycles. The van der Waals surface area contributed by atoms with Crippen molar-refractivity contribution in [1.29, 1.82) is 0 Å². The fourth-order valence-electron chi connectivity index (χ4n) is 2.93. The van der Waals surface area contributed by atoms with Crippen LogP contribution >= 0.6 is 11.9 Å². The number of nitrogens with one attached hydrogen (secondary N) is 2. The normalized spacial score (nSPS) is 10.6. The van der Waals surface area contributed by atoms with Gasteiger partial charge in [0.25, 0.3) is 5.91 Å². The molecule has 0 aliphatic heterocycles. The van der Waals surface area contributed by atoms with Crippen molar-refractivity contribution in [1.82, 2.24) is 24.7 Å². The number of amides is 1. The molecule has 0 fully saturated rings. The molecule has 0 saturated carbocycles. The zero-order valence-electron chi connectivity index (χ0n) is 16.4. The number of nitrogens with zero attached hydrogens (tertiary/aromatic N) is 5. The molecule has 0 unspecified atom stereocenters. The molecule has 0 spiro atoms. The molecular formula is C21H19N7OS. The first-order valence-electron chi connectivity index (χ1n) is 9.12. The fourth-order valence-corrected chi connectivity index (χ4v) is 3.28. The van der Waals surface area contributed by atoms with E-state index in [0.29, 0.717) is 28.5 Å². The van der Waals surface area contributed by atoms with Gasteiger partial charge in [0.1, 0.15) is 11.4 Å². The van der Waals surface area contributed by atoms with Crippen molar-refractivity contribution in [3.05, 3.63) is 72.9 Å². The van der Waals surface area contributed by atoms with Crippen molar-refractivity contribution >= 4 is 29.2 Å². The van der Waals surface area contributed by atoms with E-state index in [4.69, 9.17) is 0 Å². The summed E-state index contributed by atoms with van der Waals surface area (Å²) in [6.07, 6.45) is 8.82. The largest absolute Gasteiger partial charge is 0.329 e. The summed E-state index contributed by atoms with van der Waals surface area (Å²) in [6.45, 7) is 0. The number of rotatable bonds is 6. The Morgan fingerprint density at radius 3 is 2.77 bits per heavy atom. The molecule has 0 bridgehead atoms. The van der Waals surface area contributed by atoms with Crippen LogP contribution in [0.3, 0.4) is 0 Å². The third-order valence-corrected chi connectivity index (χ3v) is 4.66. The van der Waals surface area contributed by atoms with Crippen molar-refractivity contribution in [2.45, 2.75) is 0 Å². The summed E-state index contributed by atoms with van der Waals surface area (Å²) in [6, 6.07) is 12.8. The van der Waals surface area contributed by atoms with Crippen LogP contribution in [-0.4, -0.2) is 36.9 Å². The van der Waals surface area contributed by atoms with E-state index < -0.39 is 0 Å². The van der Waals surface area contributed by atoms with Crippen molar-refractivity contribution in [3.63, 3.8) is 0 Å². The van der Waals surface area contributed by atoms with Crippen LogP contribution in [0.4, 0.5) is 11.4 Å². The Bertz CT molecular complexity index is 1180. The summed E-state index contributed by atoms with van der Waals surface area (Å²) in [4.78, 5) is 26.0. The van der Waals surface area contributed by atoms with E-state index in [9.17, 15) is 4.79 Å². The Morgan fingerprint density at radius 1 is 1.10 bits per heavy atom. The van der Waals surface area contributed by atoms with E-state index in [2.05, 4.69) is 30.1 Å². The van der Waals surface area contributed by atoms with Crippen LogP contribution in [0, 0.1) is 0 Å². The maximum atomic E-state index is 12.9. The average molecular weight is 417 g/mol. The van der Waals surface area contributed by atoms with Crippen molar-refractivity contribution in [3.8, 4) is 22.6 Å². The van der Waals surface area contributed by atoms with Gasteiger partial charge in [-0.3, -0.25) is 19.4 Å². The lowest BCUT2D eigenvalue weighted by Crippen LogP contribution is -2.14. The van der Waals surface area contributed by atoms with E-state index in [1.54, 1.807) is 48.6 Å². The summed E-state index contributed by atoms with van der Waals surface area (Å²) >= 11 is 1.48. The Kier molecular flexibility index (Phi) is 5.71. The van der Waals surface area contributed by atoms with E-state index in [1.165, 1.54) is 11.9 Å². The number of aromatic nitrogens is 5. The second-order valence-corrected chi connectivity index (χ2v) is 7.02. The van der Waals surface area contributed by atoms with Crippen LogP contribution in [0.2, 0.25) is 0 Å². The molecule has 0 saturated heterocycles. The molecule has 4 aromatic rings. The minimum Gasteiger partial charge on any atom is -0.329 e. The molecule has 0 aliphatic carbocycles. The molecule has 150 valence electrons. The first-order valence-corrected chi connectivity index (χ1v) is 10.3. The quantitative estimate of drug-likeness (QED) is 0.459. The van der Waals surface area contributed by atoms with E-state index in [1.807, 2.05) is 36.6 Å². The number of carbonyl (C=O) groups is 1. The van der Waals surface area contributed by atoms with Gasteiger partial charge in [-0.15, -0.1) is 0 Å². The lowest BCUT2D eigenvalue weighted by molar-refractivity contribution is 0.102. The highest BCUT2D eigenvalue weighted by atomic mass is 32.2. The first kappa shape index (κ1) is 19.6. The predicted molar refractivity (Wildman–Crippen MR) is 119 cm³/mol. The predicted octanol–water partition coefficient (Wildman–Crippen LogP) is 3.88. The van der Waals surface area contributed by atoms with Crippen LogP contribution < -0.4 is 10.0 Å². The number of aryl methyl sites for hydroxylation is 1. The summed E-state index contributed by atoms with van der Waals surface area (Å²) in [7, 11) is 1.80. The van der Waals surface area contributed by atoms with Crippen LogP contribution in [0.25, 0.3) is 22.6 Å². The van der Waals surface area contributed by atoms with Gasteiger partial charge in [0.05, 0.1) is 29.0 Å². The monoisotopic (exact) mass is 417 g/mol. The minimum absolute atomic E-state index is 0.298. The molecule has 0 atom stereocenters. The van der Waals surface area contributed by atoms with Crippen LogP contribution in [-0.2, 0) is 7.05 Å². The van der Waals surface area contributed by atoms with Crippen molar-refractivity contribution in [2.24, 2.45) is 7.05 Å². The summed E-state index contributed by atoms with van der Waals surface area (Å²) < 4.78 is 4.78. The molecule has 9 heteroatoms. The van der Waals surface area contributed by atoms with Gasteiger partial charge in [-0.2, -0.15) is 5.10 Å². The van der Waals surface area contributed by atoms with Crippen LogP contribution in [0.5, 0.6) is 0 Å². The average Bonchev–Trinajstić information content (AvgIpc) is 3.15. The maximum Gasteiger partial charge on any atom is 0.274 e. The van der Waals surface area contributed by atoms with Gasteiger partial charge in [0.15, 0.2) is 0 Å². The fraction of sp³-hybridized carbons (Fsp3) is 0.0952. The zero-order valence-corrected chi connectivity index (χ0v) is 17.2. The van der Waals surface area contributed by atoms with E-state index in [-0.39, 0.29) is 5.91 Å². The Hall–Kier alpha value is -3.72. The highest BCUT2D eigenvalue weighted by molar-refractivity contribution is 7.99. The molecule has 4 rings (SSSR count). The molecular weight excluding hydrogens is 398 g/mol. The molecule has 8 nitrogen and oxygen atoms in total. The first-order chi connectivity index (χ1) is 14.6. The van der Waals surface area contributed by atoms with Gasteiger partial charge in [-0.25, -0.2) is 4.98 Å². The van der Waals surface area contributed by atoms with Gasteiger partial charge in [-0.05, 0) is 30.3 Å². The van der Waals surface area contributed by atoms with E-state index in [0.717, 1.165) is 11.3 Å². The number of pyridine rings is 3. The summed E-state index contributed by atoms with van der Waals surface area (Å²) in [5.74, 6) is -0.326. The van der Waals surface area contributed by atoms with Gasteiger partial charge >= 0.3 is 0 Å². The molecule has 2 N–H and O–H groups in total. The van der Waals surface area contributed by atoms with Crippen LogP contribution in [0.15, 0.2) is 67.3 Å². The molecule has 0 aliphatic rings. The van der Waals surface area contributed by atoms with Gasteiger partial charge < -0.3 is 10.0 Å². The minimum atomic E-state index is -0.326. The number of hydrogen-bond acceptors (Lipinski definition) is 7. The van der Waals surface area contributed by atoms with E-state index >= 15 is 0 Å². The maximum absolute atomic E-state index is 12.9. The number of carbonyl (C=O) groups excluding carboxylic acids is 1. The Morgan fingerprint density at radius 2 is 1.97 bits per heavy atom. The highest BCUT2D eigenvalue weighted by Gasteiger charge is 2.16. The second-order valence-electron chi connectivity index (χ2n) is 6.41. The topological polar surface area (TPSA) is 97.6 Å². The van der Waals surface area contributed by atoms with Crippen molar-refractivity contribution < 1.29 is 4.79 Å². The smallest absolute Gasteiger partial charge is 0.274 e. The third-order valence-electron chi connectivity index (χ3n) is 4.22. The van der Waals surface area contributed by atoms with Crippen molar-refractivity contribution in [2.75, 3.05) is 16.3 Å². The number of hydrogen-bond donors (Lipinski definition) is 2. The second kappa shape index (κ2) is 8.75. The molecule has 0 aromatic carbocycles. The number of anilines is 2.